The van der Waals surface area contributed by atoms with Crippen LogP contribution in [0.1, 0.15) is 38.2 Å². The number of aryl methyl sites for hydroxylation is 1. The van der Waals surface area contributed by atoms with Crippen LogP contribution in [0.4, 0.5) is 0 Å². The van der Waals surface area contributed by atoms with E-state index in [4.69, 9.17) is 4.74 Å². The average molecular weight is 297 g/mol. The van der Waals surface area contributed by atoms with Gasteiger partial charge < -0.3 is 4.74 Å². The molecule has 0 heterocycles. The highest BCUT2D eigenvalue weighted by Gasteiger charge is 2.26. The highest BCUT2D eigenvalue weighted by molar-refractivity contribution is 7.89. The Morgan fingerprint density at radius 3 is 2.55 bits per heavy atom. The van der Waals surface area contributed by atoms with Crippen molar-refractivity contribution in [3.05, 3.63) is 23.8 Å². The zero-order valence-corrected chi connectivity index (χ0v) is 13.2. The lowest BCUT2D eigenvalue weighted by molar-refractivity contribution is 0.310. The highest BCUT2D eigenvalue weighted by Crippen LogP contribution is 2.26. The second-order valence-electron chi connectivity index (χ2n) is 5.62. The van der Waals surface area contributed by atoms with Gasteiger partial charge in [-0.2, -0.15) is 0 Å². The largest absolute Gasteiger partial charge is 0.496 e. The lowest BCUT2D eigenvalue weighted by Crippen LogP contribution is -2.40. The SMILES string of the molecule is COc1ccc(S(=O)(=O)N[C@H]2CCCC[C@H]2C)cc1C. The first-order valence-corrected chi connectivity index (χ1v) is 8.59. The number of nitrogens with one attached hydrogen (secondary N) is 1. The zero-order chi connectivity index (χ0) is 14.8. The number of benzene rings is 1. The normalized spacial score (nSPS) is 23.6. The van der Waals surface area contributed by atoms with E-state index < -0.39 is 10.0 Å². The van der Waals surface area contributed by atoms with Crippen LogP contribution < -0.4 is 9.46 Å². The average Bonchev–Trinajstić information content (AvgIpc) is 2.41. The van der Waals surface area contributed by atoms with Crippen LogP contribution in [0.3, 0.4) is 0 Å². The van der Waals surface area contributed by atoms with Gasteiger partial charge in [-0.15, -0.1) is 0 Å². The molecular weight excluding hydrogens is 274 g/mol. The maximum Gasteiger partial charge on any atom is 0.240 e. The first-order valence-electron chi connectivity index (χ1n) is 7.11. The second-order valence-corrected chi connectivity index (χ2v) is 7.33. The summed E-state index contributed by atoms with van der Waals surface area (Å²) in [6.45, 7) is 3.96. The van der Waals surface area contributed by atoms with Crippen molar-refractivity contribution < 1.29 is 13.2 Å². The van der Waals surface area contributed by atoms with Gasteiger partial charge in [0.25, 0.3) is 0 Å². The Labute approximate surface area is 121 Å². The quantitative estimate of drug-likeness (QED) is 0.929. The van der Waals surface area contributed by atoms with Gasteiger partial charge in [0.15, 0.2) is 0 Å². The molecule has 112 valence electrons. The molecule has 0 amide bonds. The van der Waals surface area contributed by atoms with Gasteiger partial charge in [-0.1, -0.05) is 19.8 Å². The van der Waals surface area contributed by atoms with Gasteiger partial charge >= 0.3 is 0 Å². The monoisotopic (exact) mass is 297 g/mol. The van der Waals surface area contributed by atoms with Crippen molar-refractivity contribution in [2.75, 3.05) is 7.11 Å². The second kappa shape index (κ2) is 6.14. The summed E-state index contributed by atoms with van der Waals surface area (Å²) in [5.41, 5.74) is 0.826. The zero-order valence-electron chi connectivity index (χ0n) is 12.3. The number of ether oxygens (including phenoxy) is 1. The lowest BCUT2D eigenvalue weighted by atomic mass is 9.87. The van der Waals surface area contributed by atoms with Gasteiger partial charge in [0.05, 0.1) is 12.0 Å². The number of sulfonamides is 1. The van der Waals surface area contributed by atoms with Gasteiger partial charge in [-0.25, -0.2) is 13.1 Å². The van der Waals surface area contributed by atoms with E-state index in [1.807, 2.05) is 6.92 Å². The number of hydrogen-bond acceptors (Lipinski definition) is 3. The smallest absolute Gasteiger partial charge is 0.240 e. The highest BCUT2D eigenvalue weighted by atomic mass is 32.2. The van der Waals surface area contributed by atoms with Crippen LogP contribution in [0.2, 0.25) is 0 Å². The molecule has 0 aliphatic heterocycles. The molecule has 1 aromatic carbocycles. The third kappa shape index (κ3) is 3.33. The molecule has 0 bridgehead atoms. The van der Waals surface area contributed by atoms with Gasteiger partial charge in [-0.05, 0) is 49.4 Å². The van der Waals surface area contributed by atoms with E-state index in [2.05, 4.69) is 11.6 Å². The van der Waals surface area contributed by atoms with Gasteiger partial charge in [0, 0.05) is 6.04 Å². The molecule has 5 heteroatoms. The number of methoxy groups -OCH3 is 1. The van der Waals surface area contributed by atoms with Crippen LogP contribution in [-0.4, -0.2) is 21.6 Å². The molecule has 1 aromatic rings. The summed E-state index contributed by atoms with van der Waals surface area (Å²) in [5.74, 6) is 1.10. The molecular formula is C15H23NO3S. The van der Waals surface area contributed by atoms with E-state index in [0.29, 0.717) is 16.6 Å². The molecule has 0 unspecified atom stereocenters. The van der Waals surface area contributed by atoms with Crippen LogP contribution in [0.25, 0.3) is 0 Å². The summed E-state index contributed by atoms with van der Waals surface area (Å²) in [5, 5.41) is 0. The van der Waals surface area contributed by atoms with Gasteiger partial charge in [0.2, 0.25) is 10.0 Å². The molecule has 4 nitrogen and oxygen atoms in total. The predicted octanol–water partition coefficient (Wildman–Crippen LogP) is 2.86. The van der Waals surface area contributed by atoms with E-state index in [-0.39, 0.29) is 6.04 Å². The maximum atomic E-state index is 12.4. The van der Waals surface area contributed by atoms with Crippen molar-refractivity contribution in [3.8, 4) is 5.75 Å². The van der Waals surface area contributed by atoms with Crippen molar-refractivity contribution in [1.82, 2.24) is 4.72 Å². The topological polar surface area (TPSA) is 55.4 Å². The van der Waals surface area contributed by atoms with Crippen LogP contribution in [-0.2, 0) is 10.0 Å². The van der Waals surface area contributed by atoms with Crippen LogP contribution in [0, 0.1) is 12.8 Å². The Morgan fingerprint density at radius 2 is 1.95 bits per heavy atom. The van der Waals surface area contributed by atoms with E-state index in [1.54, 1.807) is 25.3 Å². The molecule has 1 N–H and O–H groups in total. The van der Waals surface area contributed by atoms with Crippen molar-refractivity contribution in [2.24, 2.45) is 5.92 Å². The molecule has 0 radical (unpaired) electrons. The Bertz CT molecular complexity index is 568. The Hall–Kier alpha value is -1.07. The molecule has 1 aliphatic rings. The molecule has 1 aliphatic carbocycles. The Morgan fingerprint density at radius 1 is 1.25 bits per heavy atom. The van der Waals surface area contributed by atoms with E-state index in [1.165, 1.54) is 6.42 Å². The maximum absolute atomic E-state index is 12.4. The van der Waals surface area contributed by atoms with E-state index >= 15 is 0 Å². The Balaban J connectivity index is 2.19. The van der Waals surface area contributed by atoms with Crippen LogP contribution >= 0.6 is 0 Å². The van der Waals surface area contributed by atoms with Crippen molar-refractivity contribution >= 4 is 10.0 Å². The van der Waals surface area contributed by atoms with Crippen molar-refractivity contribution in [1.29, 1.82) is 0 Å². The Kier molecular flexibility index (Phi) is 4.70. The summed E-state index contributed by atoms with van der Waals surface area (Å²) in [4.78, 5) is 0.313. The molecule has 0 saturated heterocycles. The summed E-state index contributed by atoms with van der Waals surface area (Å²) in [7, 11) is -1.86. The third-order valence-electron chi connectivity index (χ3n) is 4.09. The summed E-state index contributed by atoms with van der Waals surface area (Å²) >= 11 is 0. The van der Waals surface area contributed by atoms with Gasteiger partial charge in [-0.3, -0.25) is 0 Å². The molecule has 0 aromatic heterocycles. The molecule has 0 spiro atoms. The molecule has 20 heavy (non-hydrogen) atoms. The van der Waals surface area contributed by atoms with Crippen LogP contribution in [0.15, 0.2) is 23.1 Å². The molecule has 2 atom stereocenters. The fourth-order valence-corrected chi connectivity index (χ4v) is 4.24. The molecule has 1 fully saturated rings. The fourth-order valence-electron chi connectivity index (χ4n) is 2.78. The predicted molar refractivity (Wildman–Crippen MR) is 79.5 cm³/mol. The van der Waals surface area contributed by atoms with Gasteiger partial charge in [0.1, 0.15) is 5.75 Å². The summed E-state index contributed by atoms with van der Waals surface area (Å²) in [6, 6.07) is 5.01. The van der Waals surface area contributed by atoms with Crippen LogP contribution in [0.5, 0.6) is 5.75 Å². The van der Waals surface area contributed by atoms with Crippen molar-refractivity contribution in [3.63, 3.8) is 0 Å². The third-order valence-corrected chi connectivity index (χ3v) is 5.58. The summed E-state index contributed by atoms with van der Waals surface area (Å²) < 4.78 is 32.9. The molecule has 1 saturated carbocycles. The lowest BCUT2D eigenvalue weighted by Gasteiger charge is -2.29. The van der Waals surface area contributed by atoms with E-state index in [9.17, 15) is 8.42 Å². The first kappa shape index (κ1) is 15.3. The van der Waals surface area contributed by atoms with E-state index in [0.717, 1.165) is 24.8 Å². The van der Waals surface area contributed by atoms with Crippen molar-refractivity contribution in [2.45, 2.75) is 50.5 Å². The number of hydrogen-bond donors (Lipinski definition) is 1. The minimum Gasteiger partial charge on any atom is -0.496 e. The number of rotatable bonds is 4. The fraction of sp³-hybridized carbons (Fsp3) is 0.600. The minimum absolute atomic E-state index is 0.0520. The standard InChI is InChI=1S/C15H23NO3S/c1-11-6-4-5-7-14(11)16-20(17,18)13-8-9-15(19-3)12(2)10-13/h8-11,14,16H,4-7H2,1-3H3/t11-,14+/m1/s1. The molecule has 2 rings (SSSR count). The first-order chi connectivity index (χ1) is 9.44. The minimum atomic E-state index is -3.45. The summed E-state index contributed by atoms with van der Waals surface area (Å²) in [6.07, 6.45) is 4.31.